The van der Waals surface area contributed by atoms with Gasteiger partial charge in [0.2, 0.25) is 5.91 Å². The average molecular weight is 253 g/mol. The van der Waals surface area contributed by atoms with Gasteiger partial charge >= 0.3 is 0 Å². The predicted octanol–water partition coefficient (Wildman–Crippen LogP) is 3.12. The van der Waals surface area contributed by atoms with Gasteiger partial charge in [-0.25, -0.2) is 4.79 Å². The van der Waals surface area contributed by atoms with E-state index in [1.807, 2.05) is 42.3 Å². The Bertz CT molecular complexity index is 682. The van der Waals surface area contributed by atoms with E-state index in [1.165, 1.54) is 6.92 Å². The molecule has 0 atom stereocenters. The number of nitrogens with one attached hydrogen (secondary N) is 1. The number of rotatable bonds is 3. The topological polar surface area (TPSA) is 46.2 Å². The Labute approximate surface area is 111 Å². The molecule has 0 aliphatic heterocycles. The summed E-state index contributed by atoms with van der Waals surface area (Å²) in [6, 6.07) is 11.7. The Morgan fingerprint density at radius 1 is 1.21 bits per heavy atom. The molecule has 0 unspecified atom stereocenters. The molecule has 0 aliphatic carbocycles. The van der Waals surface area contributed by atoms with Gasteiger partial charge in [0, 0.05) is 24.6 Å². The summed E-state index contributed by atoms with van der Waals surface area (Å²) in [5.74, 6) is 1.84. The van der Waals surface area contributed by atoms with Crippen molar-refractivity contribution in [1.29, 1.82) is 0 Å². The number of allylic oxidation sites excluding steroid dienone is 1. The monoisotopic (exact) mass is 253 g/mol. The summed E-state index contributed by atoms with van der Waals surface area (Å²) < 4.78 is 0. The van der Waals surface area contributed by atoms with Crippen molar-refractivity contribution >= 4 is 28.3 Å². The van der Waals surface area contributed by atoms with E-state index in [0.29, 0.717) is 12.0 Å². The van der Waals surface area contributed by atoms with Crippen molar-refractivity contribution in [3.8, 4) is 0 Å². The molecule has 19 heavy (non-hydrogen) atoms. The van der Waals surface area contributed by atoms with Gasteiger partial charge in [-0.05, 0) is 35.4 Å². The van der Waals surface area contributed by atoms with Gasteiger partial charge in [0.15, 0.2) is 0 Å². The van der Waals surface area contributed by atoms with E-state index in [0.717, 1.165) is 22.0 Å². The molecule has 0 spiro atoms. The van der Waals surface area contributed by atoms with E-state index in [1.54, 1.807) is 6.92 Å². The number of carbonyl (C=O) groups excluding carboxylic acids is 2. The van der Waals surface area contributed by atoms with Crippen molar-refractivity contribution in [2.24, 2.45) is 0 Å². The second-order valence-corrected chi connectivity index (χ2v) is 4.59. The zero-order chi connectivity index (χ0) is 13.8. The average Bonchev–Trinajstić information content (AvgIpc) is 2.38. The molecule has 1 N–H and O–H groups in total. The molecule has 0 bridgehead atoms. The summed E-state index contributed by atoms with van der Waals surface area (Å²) in [5, 5.41) is 4.89. The highest BCUT2D eigenvalue weighted by molar-refractivity contribution is 5.94. The predicted molar refractivity (Wildman–Crippen MR) is 76.8 cm³/mol. The first-order valence-electron chi connectivity index (χ1n) is 6.10. The Balaban J connectivity index is 2.46. The van der Waals surface area contributed by atoms with Gasteiger partial charge in [0.1, 0.15) is 5.94 Å². The lowest BCUT2D eigenvalue weighted by Gasteiger charge is -2.08. The van der Waals surface area contributed by atoms with Crippen LogP contribution in [0.1, 0.15) is 19.4 Å². The molecule has 0 heterocycles. The molecule has 0 aliphatic rings. The number of benzene rings is 2. The summed E-state index contributed by atoms with van der Waals surface area (Å²) in [5.41, 5.74) is 2.55. The molecule has 0 saturated heterocycles. The molecule has 0 aromatic heterocycles. The van der Waals surface area contributed by atoms with Gasteiger partial charge in [-0.15, -0.1) is 0 Å². The molecule has 2 rings (SSSR count). The van der Waals surface area contributed by atoms with Gasteiger partial charge in [0.25, 0.3) is 0 Å². The van der Waals surface area contributed by atoms with Crippen LogP contribution in [0, 0.1) is 0 Å². The SMILES string of the molecule is CC(=O)Nc1ccc2c(CC(C)=C=O)cccc2c1. The standard InChI is InChI=1S/C16H15NO2/c1-11(10-18)8-13-4-3-5-14-9-15(17-12(2)19)6-7-16(13)14/h3-7,9H,8H2,1-2H3,(H,17,19). The van der Waals surface area contributed by atoms with Crippen LogP contribution < -0.4 is 5.32 Å². The van der Waals surface area contributed by atoms with Crippen LogP contribution in [0.15, 0.2) is 42.0 Å². The Hall–Kier alpha value is -2.38. The molecule has 0 saturated carbocycles. The van der Waals surface area contributed by atoms with Crippen LogP contribution in [-0.4, -0.2) is 11.8 Å². The van der Waals surface area contributed by atoms with Crippen LogP contribution in [0.3, 0.4) is 0 Å². The summed E-state index contributed by atoms with van der Waals surface area (Å²) in [4.78, 5) is 21.7. The fourth-order valence-electron chi connectivity index (χ4n) is 2.11. The van der Waals surface area contributed by atoms with Crippen LogP contribution in [0.2, 0.25) is 0 Å². The molecule has 2 aromatic rings. The summed E-state index contributed by atoms with van der Waals surface area (Å²) in [7, 11) is 0. The summed E-state index contributed by atoms with van der Waals surface area (Å²) in [6.45, 7) is 3.26. The fourth-order valence-corrected chi connectivity index (χ4v) is 2.11. The minimum absolute atomic E-state index is 0.0877. The highest BCUT2D eigenvalue weighted by Gasteiger charge is 2.04. The maximum absolute atomic E-state index is 11.0. The van der Waals surface area contributed by atoms with Gasteiger partial charge in [0.05, 0.1) is 0 Å². The Morgan fingerprint density at radius 3 is 2.68 bits per heavy atom. The zero-order valence-corrected chi connectivity index (χ0v) is 11.0. The molecule has 0 radical (unpaired) electrons. The van der Waals surface area contributed by atoms with Gasteiger partial charge in [-0.2, -0.15) is 0 Å². The van der Waals surface area contributed by atoms with E-state index in [2.05, 4.69) is 5.32 Å². The lowest BCUT2D eigenvalue weighted by atomic mass is 9.99. The second kappa shape index (κ2) is 5.51. The number of carbonyl (C=O) groups is 1. The number of fused-ring (bicyclic) bond motifs is 1. The number of hydrogen-bond acceptors (Lipinski definition) is 2. The number of hydrogen-bond donors (Lipinski definition) is 1. The second-order valence-electron chi connectivity index (χ2n) is 4.59. The lowest BCUT2D eigenvalue weighted by molar-refractivity contribution is -0.114. The maximum Gasteiger partial charge on any atom is 0.221 e. The molecule has 2 aromatic carbocycles. The molecular weight excluding hydrogens is 238 g/mol. The third-order valence-electron chi connectivity index (χ3n) is 2.92. The van der Waals surface area contributed by atoms with Crippen LogP contribution in [0.25, 0.3) is 10.8 Å². The molecular formula is C16H15NO2. The molecule has 0 fully saturated rings. The van der Waals surface area contributed by atoms with Crippen LogP contribution in [-0.2, 0) is 16.0 Å². The highest BCUT2D eigenvalue weighted by atomic mass is 16.1. The first-order valence-corrected chi connectivity index (χ1v) is 6.10. The molecule has 3 heteroatoms. The van der Waals surface area contributed by atoms with Crippen molar-refractivity contribution in [2.75, 3.05) is 5.32 Å². The van der Waals surface area contributed by atoms with Gasteiger partial charge in [-0.3, -0.25) is 4.79 Å². The Morgan fingerprint density at radius 2 is 2.00 bits per heavy atom. The normalized spacial score (nSPS) is 10.0. The smallest absolute Gasteiger partial charge is 0.221 e. The summed E-state index contributed by atoms with van der Waals surface area (Å²) in [6.07, 6.45) is 0.598. The number of anilines is 1. The minimum atomic E-state index is -0.0877. The van der Waals surface area contributed by atoms with Crippen molar-refractivity contribution in [3.05, 3.63) is 47.5 Å². The van der Waals surface area contributed by atoms with Crippen molar-refractivity contribution in [1.82, 2.24) is 0 Å². The number of amides is 1. The van der Waals surface area contributed by atoms with Crippen molar-refractivity contribution in [3.63, 3.8) is 0 Å². The van der Waals surface area contributed by atoms with Crippen LogP contribution in [0.5, 0.6) is 0 Å². The van der Waals surface area contributed by atoms with Crippen LogP contribution in [0.4, 0.5) is 5.69 Å². The van der Waals surface area contributed by atoms with E-state index in [-0.39, 0.29) is 5.91 Å². The van der Waals surface area contributed by atoms with Gasteiger partial charge < -0.3 is 5.32 Å². The Kier molecular flexibility index (Phi) is 3.79. The van der Waals surface area contributed by atoms with Crippen molar-refractivity contribution in [2.45, 2.75) is 20.3 Å². The van der Waals surface area contributed by atoms with E-state index < -0.39 is 0 Å². The third kappa shape index (κ3) is 3.09. The molecule has 3 nitrogen and oxygen atoms in total. The first kappa shape index (κ1) is 13.1. The van der Waals surface area contributed by atoms with Crippen molar-refractivity contribution < 1.29 is 9.59 Å². The third-order valence-corrected chi connectivity index (χ3v) is 2.92. The van der Waals surface area contributed by atoms with E-state index in [4.69, 9.17) is 0 Å². The molecule has 1 amide bonds. The molecule has 96 valence electrons. The fraction of sp³-hybridized carbons (Fsp3) is 0.188. The van der Waals surface area contributed by atoms with Crippen LogP contribution >= 0.6 is 0 Å². The quantitative estimate of drug-likeness (QED) is 0.854. The lowest BCUT2D eigenvalue weighted by Crippen LogP contribution is -2.05. The highest BCUT2D eigenvalue weighted by Crippen LogP contribution is 2.24. The summed E-state index contributed by atoms with van der Waals surface area (Å²) >= 11 is 0. The van der Waals surface area contributed by atoms with Gasteiger partial charge in [-0.1, -0.05) is 24.3 Å². The van der Waals surface area contributed by atoms with E-state index >= 15 is 0 Å². The largest absolute Gasteiger partial charge is 0.326 e. The minimum Gasteiger partial charge on any atom is -0.326 e. The zero-order valence-electron chi connectivity index (χ0n) is 11.0. The van der Waals surface area contributed by atoms with E-state index in [9.17, 15) is 9.59 Å². The maximum atomic E-state index is 11.0. The first-order chi connectivity index (χ1) is 9.10.